The van der Waals surface area contributed by atoms with Crippen molar-refractivity contribution < 1.29 is 0 Å². The van der Waals surface area contributed by atoms with Crippen LogP contribution in [0.3, 0.4) is 0 Å². The summed E-state index contributed by atoms with van der Waals surface area (Å²) in [6, 6.07) is 1.30. The van der Waals surface area contributed by atoms with Gasteiger partial charge in [-0.1, -0.05) is 13.8 Å². The minimum Gasteiger partial charge on any atom is -0.328 e. The lowest BCUT2D eigenvalue weighted by molar-refractivity contribution is 0.122. The van der Waals surface area contributed by atoms with Crippen LogP contribution in [0.1, 0.15) is 33.1 Å². The van der Waals surface area contributed by atoms with Gasteiger partial charge in [0.05, 0.1) is 0 Å². The molecule has 0 spiro atoms. The molecule has 0 aliphatic heterocycles. The molecule has 2 saturated carbocycles. The van der Waals surface area contributed by atoms with Crippen LogP contribution in [-0.2, 0) is 0 Å². The molecule has 0 amide bonds. The molecule has 0 heterocycles. The van der Waals surface area contributed by atoms with E-state index in [2.05, 4.69) is 19.2 Å². The van der Waals surface area contributed by atoms with Crippen LogP contribution in [0.15, 0.2) is 0 Å². The molecule has 2 heteroatoms. The number of nitrogens with one attached hydrogen (secondary N) is 1. The Kier molecular flexibility index (Phi) is 2.61. The second-order valence-electron chi connectivity index (χ2n) is 5.18. The van der Waals surface area contributed by atoms with Crippen LogP contribution in [0.5, 0.6) is 0 Å². The summed E-state index contributed by atoms with van der Waals surface area (Å²) in [5.41, 5.74) is 5.74. The van der Waals surface area contributed by atoms with Crippen molar-refractivity contribution in [1.29, 1.82) is 0 Å². The minimum absolute atomic E-state index is 0.504. The summed E-state index contributed by atoms with van der Waals surface area (Å²) in [7, 11) is 0. The van der Waals surface area contributed by atoms with Crippen molar-refractivity contribution in [3.05, 3.63) is 0 Å². The third kappa shape index (κ3) is 1.89. The number of hydrogen-bond acceptors (Lipinski definition) is 2. The summed E-state index contributed by atoms with van der Waals surface area (Å²) in [6.07, 6.45) is 3.85. The number of nitrogens with two attached hydrogens (primary N) is 1. The van der Waals surface area contributed by atoms with Crippen molar-refractivity contribution in [3.8, 4) is 0 Å². The molecule has 0 saturated heterocycles. The molecular formula is C11H22N2. The van der Waals surface area contributed by atoms with Gasteiger partial charge in [-0.05, 0) is 43.6 Å². The molecule has 3 N–H and O–H groups in total. The Morgan fingerprint density at radius 1 is 1.23 bits per heavy atom. The average molecular weight is 182 g/mol. The van der Waals surface area contributed by atoms with E-state index in [1.165, 1.54) is 25.8 Å². The third-order valence-corrected chi connectivity index (χ3v) is 4.10. The molecule has 0 aromatic rings. The van der Waals surface area contributed by atoms with Crippen LogP contribution >= 0.6 is 0 Å². The van der Waals surface area contributed by atoms with Gasteiger partial charge in [0.2, 0.25) is 0 Å². The van der Waals surface area contributed by atoms with Crippen molar-refractivity contribution in [1.82, 2.24) is 5.32 Å². The van der Waals surface area contributed by atoms with Gasteiger partial charge in [-0.3, -0.25) is 0 Å². The molecule has 2 nitrogen and oxygen atoms in total. The Hall–Kier alpha value is -0.0800. The van der Waals surface area contributed by atoms with E-state index in [0.29, 0.717) is 6.04 Å². The highest BCUT2D eigenvalue weighted by Gasteiger charge is 2.35. The van der Waals surface area contributed by atoms with Gasteiger partial charge in [-0.25, -0.2) is 0 Å². The molecule has 0 aromatic carbocycles. The lowest BCUT2D eigenvalue weighted by Gasteiger charge is -2.43. The molecule has 0 radical (unpaired) electrons. The SMILES string of the molecule is CC1CC(NCC2CC(N)C2)C1C. The molecule has 3 atom stereocenters. The topological polar surface area (TPSA) is 38.0 Å². The van der Waals surface area contributed by atoms with Crippen LogP contribution in [0.25, 0.3) is 0 Å². The molecule has 13 heavy (non-hydrogen) atoms. The maximum atomic E-state index is 5.74. The molecule has 2 aliphatic carbocycles. The first-order chi connectivity index (χ1) is 6.16. The Morgan fingerprint density at radius 3 is 2.38 bits per heavy atom. The monoisotopic (exact) mass is 182 g/mol. The molecule has 2 rings (SSSR count). The Labute approximate surface area is 81.3 Å². The highest BCUT2D eigenvalue weighted by Crippen LogP contribution is 2.34. The van der Waals surface area contributed by atoms with E-state index in [1.54, 1.807) is 0 Å². The van der Waals surface area contributed by atoms with Crippen molar-refractivity contribution in [2.75, 3.05) is 6.54 Å². The average Bonchev–Trinajstić information content (AvgIpc) is 2.07. The van der Waals surface area contributed by atoms with E-state index in [9.17, 15) is 0 Å². The first-order valence-electron chi connectivity index (χ1n) is 5.65. The van der Waals surface area contributed by atoms with Gasteiger partial charge in [-0.2, -0.15) is 0 Å². The predicted octanol–water partition coefficient (Wildman–Crippen LogP) is 1.36. The van der Waals surface area contributed by atoms with Gasteiger partial charge in [0.1, 0.15) is 0 Å². The van der Waals surface area contributed by atoms with Crippen LogP contribution in [0.2, 0.25) is 0 Å². The first-order valence-corrected chi connectivity index (χ1v) is 5.65. The fourth-order valence-corrected chi connectivity index (χ4v) is 2.57. The Morgan fingerprint density at radius 2 is 1.92 bits per heavy atom. The smallest absolute Gasteiger partial charge is 0.00980 e. The van der Waals surface area contributed by atoms with Crippen LogP contribution < -0.4 is 11.1 Å². The molecule has 3 unspecified atom stereocenters. The molecule has 2 aliphatic rings. The maximum absolute atomic E-state index is 5.74. The zero-order valence-electron chi connectivity index (χ0n) is 8.79. The minimum atomic E-state index is 0.504. The maximum Gasteiger partial charge on any atom is 0.00980 e. The second kappa shape index (κ2) is 3.58. The van der Waals surface area contributed by atoms with Gasteiger partial charge in [0, 0.05) is 12.1 Å². The van der Waals surface area contributed by atoms with Crippen molar-refractivity contribution in [3.63, 3.8) is 0 Å². The van der Waals surface area contributed by atoms with Crippen LogP contribution in [0.4, 0.5) is 0 Å². The molecule has 0 aromatic heterocycles. The zero-order valence-corrected chi connectivity index (χ0v) is 8.79. The summed E-state index contributed by atoms with van der Waals surface area (Å²) < 4.78 is 0. The van der Waals surface area contributed by atoms with Gasteiger partial charge in [-0.15, -0.1) is 0 Å². The van der Waals surface area contributed by atoms with Crippen LogP contribution in [0, 0.1) is 17.8 Å². The number of hydrogen-bond donors (Lipinski definition) is 2. The third-order valence-electron chi connectivity index (χ3n) is 4.10. The quantitative estimate of drug-likeness (QED) is 0.691. The zero-order chi connectivity index (χ0) is 9.42. The van der Waals surface area contributed by atoms with E-state index in [1.807, 2.05) is 0 Å². The van der Waals surface area contributed by atoms with Crippen molar-refractivity contribution in [2.45, 2.75) is 45.2 Å². The van der Waals surface area contributed by atoms with E-state index < -0.39 is 0 Å². The summed E-state index contributed by atoms with van der Waals surface area (Å²) >= 11 is 0. The lowest BCUT2D eigenvalue weighted by atomic mass is 9.71. The van der Waals surface area contributed by atoms with Gasteiger partial charge >= 0.3 is 0 Å². The van der Waals surface area contributed by atoms with Crippen molar-refractivity contribution >= 4 is 0 Å². The molecular weight excluding hydrogens is 160 g/mol. The van der Waals surface area contributed by atoms with E-state index in [-0.39, 0.29) is 0 Å². The van der Waals surface area contributed by atoms with E-state index in [4.69, 9.17) is 5.73 Å². The predicted molar refractivity (Wildman–Crippen MR) is 55.4 cm³/mol. The molecule has 0 bridgehead atoms. The highest BCUT2D eigenvalue weighted by molar-refractivity contribution is 4.91. The van der Waals surface area contributed by atoms with Gasteiger partial charge in [0.15, 0.2) is 0 Å². The lowest BCUT2D eigenvalue weighted by Crippen LogP contribution is -2.51. The van der Waals surface area contributed by atoms with Crippen LogP contribution in [-0.4, -0.2) is 18.6 Å². The Bertz CT molecular complexity index is 175. The number of rotatable bonds is 3. The van der Waals surface area contributed by atoms with Gasteiger partial charge in [0.25, 0.3) is 0 Å². The largest absolute Gasteiger partial charge is 0.328 e. The Balaban J connectivity index is 1.59. The fourth-order valence-electron chi connectivity index (χ4n) is 2.57. The standard InChI is InChI=1S/C11H22N2/c1-7-3-11(8(7)2)13-6-9-4-10(12)5-9/h7-11,13H,3-6,12H2,1-2H3. The van der Waals surface area contributed by atoms with Gasteiger partial charge < -0.3 is 11.1 Å². The first kappa shape index (κ1) is 9.47. The molecule has 2 fully saturated rings. The fraction of sp³-hybridized carbons (Fsp3) is 1.00. The highest BCUT2D eigenvalue weighted by atomic mass is 14.9. The summed E-state index contributed by atoms with van der Waals surface area (Å²) in [5, 5.41) is 3.67. The van der Waals surface area contributed by atoms with Crippen molar-refractivity contribution in [2.24, 2.45) is 23.5 Å². The molecule has 76 valence electrons. The van der Waals surface area contributed by atoms with E-state index >= 15 is 0 Å². The summed E-state index contributed by atoms with van der Waals surface area (Å²) in [5.74, 6) is 2.69. The summed E-state index contributed by atoms with van der Waals surface area (Å²) in [4.78, 5) is 0. The van der Waals surface area contributed by atoms with E-state index in [0.717, 1.165) is 23.8 Å². The second-order valence-corrected chi connectivity index (χ2v) is 5.18. The summed E-state index contributed by atoms with van der Waals surface area (Å²) in [6.45, 7) is 5.91. The normalized spacial score (nSPS) is 49.6.